The van der Waals surface area contributed by atoms with Crippen LogP contribution in [0.15, 0.2) is 60.2 Å². The Hall–Kier alpha value is -2.94. The van der Waals surface area contributed by atoms with Gasteiger partial charge in [-0.15, -0.1) is 0 Å². The van der Waals surface area contributed by atoms with Gasteiger partial charge in [-0.1, -0.05) is 30.9 Å². The van der Waals surface area contributed by atoms with Crippen molar-refractivity contribution in [3.05, 3.63) is 71.3 Å². The van der Waals surface area contributed by atoms with Gasteiger partial charge in [0.05, 0.1) is 18.2 Å². The van der Waals surface area contributed by atoms with Gasteiger partial charge >= 0.3 is 0 Å². The summed E-state index contributed by atoms with van der Waals surface area (Å²) < 4.78 is 12.4. The summed E-state index contributed by atoms with van der Waals surface area (Å²) in [5, 5.41) is 3.70. The lowest BCUT2D eigenvalue weighted by Gasteiger charge is -2.38. The zero-order chi connectivity index (χ0) is 21.0. The van der Waals surface area contributed by atoms with Gasteiger partial charge in [0.15, 0.2) is 6.10 Å². The van der Waals surface area contributed by atoms with Crippen LogP contribution < -0.4 is 14.8 Å². The number of anilines is 1. The fraction of sp³-hybridized carbons (Fsp3) is 0.333. The first-order chi connectivity index (χ1) is 14.4. The molecular weight excluding hydrogens is 370 g/mol. The SMILES string of the molecule is C=C1CCCC=C1C1Oc2cccc(OC)c2-c2ccc3c(c21)C(C)=CC(C)(C)N3. The standard InChI is InChI=1S/C27H29NO2/c1-16-9-6-7-10-18(16)26-25-19(24-21(29-5)11-8-12-22(24)30-26)13-14-20-23(25)17(2)15-27(3,4)28-20/h8,10-15,26,28H,1,6-7,9H2,2-5H3. The Kier molecular flexibility index (Phi) is 4.32. The molecule has 1 aliphatic carbocycles. The van der Waals surface area contributed by atoms with Gasteiger partial charge < -0.3 is 14.8 Å². The van der Waals surface area contributed by atoms with Crippen molar-refractivity contribution >= 4 is 11.3 Å². The van der Waals surface area contributed by atoms with Crippen molar-refractivity contribution in [3.8, 4) is 22.6 Å². The number of rotatable bonds is 2. The summed E-state index contributed by atoms with van der Waals surface area (Å²) in [6, 6.07) is 10.5. The Balaban J connectivity index is 1.82. The molecule has 2 aliphatic heterocycles. The summed E-state index contributed by atoms with van der Waals surface area (Å²) in [6.45, 7) is 11.0. The molecule has 0 bridgehead atoms. The predicted octanol–water partition coefficient (Wildman–Crippen LogP) is 7.07. The Morgan fingerprint density at radius 1 is 1.17 bits per heavy atom. The molecule has 154 valence electrons. The first-order valence-electron chi connectivity index (χ1n) is 10.8. The minimum Gasteiger partial charge on any atom is -0.496 e. The number of hydrogen-bond acceptors (Lipinski definition) is 3. The molecule has 0 spiro atoms. The van der Waals surface area contributed by atoms with Crippen LogP contribution in [0.5, 0.6) is 11.5 Å². The number of nitrogens with one attached hydrogen (secondary N) is 1. The third-order valence-corrected chi connectivity index (χ3v) is 6.40. The topological polar surface area (TPSA) is 30.5 Å². The van der Waals surface area contributed by atoms with Crippen LogP contribution in [0.25, 0.3) is 16.7 Å². The maximum absolute atomic E-state index is 6.71. The van der Waals surface area contributed by atoms with Crippen molar-refractivity contribution in [1.82, 2.24) is 0 Å². The highest BCUT2D eigenvalue weighted by atomic mass is 16.5. The third kappa shape index (κ3) is 2.87. The number of allylic oxidation sites excluding steroid dienone is 2. The first-order valence-corrected chi connectivity index (χ1v) is 10.8. The van der Waals surface area contributed by atoms with Crippen molar-refractivity contribution in [3.63, 3.8) is 0 Å². The molecule has 3 nitrogen and oxygen atoms in total. The molecule has 2 aromatic carbocycles. The van der Waals surface area contributed by atoms with E-state index in [0.717, 1.165) is 42.0 Å². The molecule has 1 unspecified atom stereocenters. The lowest BCUT2D eigenvalue weighted by molar-refractivity contribution is 0.237. The molecule has 0 amide bonds. The number of hydrogen-bond donors (Lipinski definition) is 1. The van der Waals surface area contributed by atoms with Crippen LogP contribution in [-0.4, -0.2) is 12.6 Å². The van der Waals surface area contributed by atoms with Crippen LogP contribution in [0.2, 0.25) is 0 Å². The van der Waals surface area contributed by atoms with Gasteiger partial charge in [0.1, 0.15) is 11.5 Å². The van der Waals surface area contributed by atoms with Crippen LogP contribution in [0.1, 0.15) is 57.3 Å². The van der Waals surface area contributed by atoms with Gasteiger partial charge in [-0.25, -0.2) is 0 Å². The highest BCUT2D eigenvalue weighted by Gasteiger charge is 2.37. The lowest BCUT2D eigenvalue weighted by atomic mass is 9.78. The highest BCUT2D eigenvalue weighted by molar-refractivity contribution is 5.92. The molecule has 0 saturated heterocycles. The summed E-state index contributed by atoms with van der Waals surface area (Å²) in [7, 11) is 1.72. The van der Waals surface area contributed by atoms with E-state index in [1.165, 1.54) is 33.4 Å². The summed E-state index contributed by atoms with van der Waals surface area (Å²) in [5.41, 5.74) is 9.45. The maximum Gasteiger partial charge on any atom is 0.150 e. The molecule has 0 radical (unpaired) electrons. The minimum atomic E-state index is -0.159. The van der Waals surface area contributed by atoms with Gasteiger partial charge in [-0.2, -0.15) is 0 Å². The van der Waals surface area contributed by atoms with Crippen LogP contribution in [0.4, 0.5) is 5.69 Å². The molecular formula is C27H29NO2. The van der Waals surface area contributed by atoms with Crippen molar-refractivity contribution < 1.29 is 9.47 Å². The Morgan fingerprint density at radius 2 is 2.00 bits per heavy atom. The second-order valence-electron chi connectivity index (χ2n) is 9.11. The van der Waals surface area contributed by atoms with Gasteiger partial charge in [-0.05, 0) is 80.5 Å². The van der Waals surface area contributed by atoms with E-state index in [2.05, 4.69) is 57.0 Å². The van der Waals surface area contributed by atoms with Gasteiger partial charge in [0.25, 0.3) is 0 Å². The van der Waals surface area contributed by atoms with E-state index >= 15 is 0 Å². The molecule has 1 atom stereocenters. The molecule has 0 aromatic heterocycles. The number of methoxy groups -OCH3 is 1. The van der Waals surface area contributed by atoms with Gasteiger partial charge in [0, 0.05) is 16.8 Å². The molecule has 5 rings (SSSR count). The zero-order valence-corrected chi connectivity index (χ0v) is 18.3. The lowest BCUT2D eigenvalue weighted by Crippen LogP contribution is -2.32. The van der Waals surface area contributed by atoms with E-state index in [0.29, 0.717) is 0 Å². The molecule has 1 N–H and O–H groups in total. The second kappa shape index (κ2) is 6.80. The van der Waals surface area contributed by atoms with Crippen LogP contribution in [0, 0.1) is 0 Å². The normalized spacial score (nSPS) is 21.2. The smallest absolute Gasteiger partial charge is 0.150 e. The fourth-order valence-corrected chi connectivity index (χ4v) is 5.24. The molecule has 30 heavy (non-hydrogen) atoms. The Labute approximate surface area is 179 Å². The predicted molar refractivity (Wildman–Crippen MR) is 124 cm³/mol. The van der Waals surface area contributed by atoms with E-state index < -0.39 is 0 Å². The average molecular weight is 400 g/mol. The largest absolute Gasteiger partial charge is 0.496 e. The van der Waals surface area contributed by atoms with E-state index in [4.69, 9.17) is 9.47 Å². The van der Waals surface area contributed by atoms with E-state index in [1.807, 2.05) is 18.2 Å². The average Bonchev–Trinajstić information content (AvgIpc) is 2.71. The van der Waals surface area contributed by atoms with Crippen molar-refractivity contribution in [2.75, 3.05) is 12.4 Å². The van der Waals surface area contributed by atoms with Crippen LogP contribution in [-0.2, 0) is 0 Å². The Bertz CT molecular complexity index is 1120. The molecule has 3 aliphatic rings. The number of fused-ring (bicyclic) bond motifs is 5. The van der Waals surface area contributed by atoms with Crippen LogP contribution >= 0.6 is 0 Å². The molecule has 0 fully saturated rings. The summed E-state index contributed by atoms with van der Waals surface area (Å²) >= 11 is 0. The minimum absolute atomic E-state index is 0.0837. The van der Waals surface area contributed by atoms with Gasteiger partial charge in [-0.3, -0.25) is 0 Å². The molecule has 2 aromatic rings. The molecule has 0 saturated carbocycles. The monoisotopic (exact) mass is 399 g/mol. The zero-order valence-electron chi connectivity index (χ0n) is 18.3. The third-order valence-electron chi connectivity index (χ3n) is 6.40. The van der Waals surface area contributed by atoms with Gasteiger partial charge in [0.2, 0.25) is 0 Å². The van der Waals surface area contributed by atoms with Crippen LogP contribution in [0.3, 0.4) is 0 Å². The van der Waals surface area contributed by atoms with Crippen molar-refractivity contribution in [2.45, 2.75) is 51.7 Å². The molecule has 2 heterocycles. The van der Waals surface area contributed by atoms with E-state index in [1.54, 1.807) is 7.11 Å². The fourth-order valence-electron chi connectivity index (χ4n) is 5.24. The quantitative estimate of drug-likeness (QED) is 0.586. The molecule has 3 heteroatoms. The first kappa shape index (κ1) is 19.0. The Morgan fingerprint density at radius 3 is 2.77 bits per heavy atom. The van der Waals surface area contributed by atoms with Crippen molar-refractivity contribution in [1.29, 1.82) is 0 Å². The van der Waals surface area contributed by atoms with E-state index in [9.17, 15) is 0 Å². The number of benzene rings is 2. The summed E-state index contributed by atoms with van der Waals surface area (Å²) in [4.78, 5) is 0. The van der Waals surface area contributed by atoms with Crippen molar-refractivity contribution in [2.24, 2.45) is 0 Å². The second-order valence-corrected chi connectivity index (χ2v) is 9.11. The summed E-state index contributed by atoms with van der Waals surface area (Å²) in [6.07, 6.45) is 7.74. The maximum atomic E-state index is 6.71. The number of ether oxygens (including phenoxy) is 2. The summed E-state index contributed by atoms with van der Waals surface area (Å²) in [5.74, 6) is 1.71. The highest BCUT2D eigenvalue weighted by Crippen LogP contribution is 2.54. The van der Waals surface area contributed by atoms with E-state index in [-0.39, 0.29) is 11.6 Å².